The third-order valence-corrected chi connectivity index (χ3v) is 4.73. The van der Waals surface area contributed by atoms with Gasteiger partial charge in [0.1, 0.15) is 5.75 Å². The molecular weight excluding hydrogens is 330 g/mol. The van der Waals surface area contributed by atoms with E-state index >= 15 is 0 Å². The molecule has 118 valence electrons. The SMILES string of the molecule is CNC(=O)CCc1nc(CS(=O)(=O)c2ccc(Cl)cc2)no1. The number of hydrogen-bond acceptors (Lipinski definition) is 6. The number of halogens is 1. The molecule has 0 unspecified atom stereocenters. The van der Waals surface area contributed by atoms with Crippen LogP contribution in [0.4, 0.5) is 0 Å². The molecule has 1 amide bonds. The Morgan fingerprint density at radius 2 is 2.00 bits per heavy atom. The Labute approximate surface area is 132 Å². The number of aryl methyl sites for hydroxylation is 1. The lowest BCUT2D eigenvalue weighted by Gasteiger charge is -2.01. The smallest absolute Gasteiger partial charge is 0.227 e. The highest BCUT2D eigenvalue weighted by Gasteiger charge is 2.19. The second kappa shape index (κ2) is 6.89. The van der Waals surface area contributed by atoms with Crippen LogP contribution in [0.1, 0.15) is 18.1 Å². The van der Waals surface area contributed by atoms with Crippen LogP contribution in [0.5, 0.6) is 0 Å². The molecule has 0 saturated carbocycles. The zero-order valence-corrected chi connectivity index (χ0v) is 13.3. The molecule has 0 fully saturated rings. The molecule has 0 atom stereocenters. The molecule has 7 nitrogen and oxygen atoms in total. The van der Waals surface area contributed by atoms with Crippen molar-refractivity contribution in [2.75, 3.05) is 7.05 Å². The van der Waals surface area contributed by atoms with Crippen molar-refractivity contribution < 1.29 is 17.7 Å². The summed E-state index contributed by atoms with van der Waals surface area (Å²) in [6.45, 7) is 0. The zero-order chi connectivity index (χ0) is 16.2. The van der Waals surface area contributed by atoms with Gasteiger partial charge in [0.05, 0.1) is 4.90 Å². The van der Waals surface area contributed by atoms with Crippen LogP contribution in [-0.4, -0.2) is 31.5 Å². The van der Waals surface area contributed by atoms with Crippen molar-refractivity contribution in [2.45, 2.75) is 23.5 Å². The molecule has 1 aromatic carbocycles. The van der Waals surface area contributed by atoms with Gasteiger partial charge in [-0.1, -0.05) is 16.8 Å². The fraction of sp³-hybridized carbons (Fsp3) is 0.308. The number of hydrogen-bond donors (Lipinski definition) is 1. The van der Waals surface area contributed by atoms with Gasteiger partial charge in [-0.3, -0.25) is 4.79 Å². The minimum absolute atomic E-state index is 0.0573. The number of sulfone groups is 1. The van der Waals surface area contributed by atoms with Gasteiger partial charge in [0.25, 0.3) is 0 Å². The number of amides is 1. The number of nitrogens with zero attached hydrogens (tertiary/aromatic N) is 2. The lowest BCUT2D eigenvalue weighted by Crippen LogP contribution is -2.18. The van der Waals surface area contributed by atoms with Crippen LogP contribution < -0.4 is 5.32 Å². The van der Waals surface area contributed by atoms with Crippen molar-refractivity contribution in [2.24, 2.45) is 0 Å². The van der Waals surface area contributed by atoms with Gasteiger partial charge in [-0.25, -0.2) is 8.42 Å². The normalized spacial score (nSPS) is 11.4. The third kappa shape index (κ3) is 4.28. The summed E-state index contributed by atoms with van der Waals surface area (Å²) < 4.78 is 29.3. The minimum atomic E-state index is -3.58. The first kappa shape index (κ1) is 16.4. The molecule has 1 aromatic heterocycles. The van der Waals surface area contributed by atoms with Crippen molar-refractivity contribution in [3.05, 3.63) is 41.0 Å². The highest BCUT2D eigenvalue weighted by molar-refractivity contribution is 7.90. The molecule has 0 aliphatic heterocycles. The fourth-order valence-corrected chi connectivity index (χ4v) is 2.99. The summed E-state index contributed by atoms with van der Waals surface area (Å²) in [7, 11) is -2.05. The number of aromatic nitrogens is 2. The van der Waals surface area contributed by atoms with E-state index in [1.54, 1.807) is 0 Å². The summed E-state index contributed by atoms with van der Waals surface area (Å²) in [6, 6.07) is 5.84. The first-order valence-electron chi connectivity index (χ1n) is 6.41. The van der Waals surface area contributed by atoms with E-state index in [9.17, 15) is 13.2 Å². The van der Waals surface area contributed by atoms with E-state index in [2.05, 4.69) is 15.5 Å². The van der Waals surface area contributed by atoms with Crippen LogP contribution >= 0.6 is 11.6 Å². The van der Waals surface area contributed by atoms with Crippen molar-refractivity contribution in [3.8, 4) is 0 Å². The van der Waals surface area contributed by atoms with Crippen molar-refractivity contribution in [1.82, 2.24) is 15.5 Å². The second-order valence-electron chi connectivity index (χ2n) is 4.49. The van der Waals surface area contributed by atoms with E-state index in [0.717, 1.165) is 0 Å². The highest BCUT2D eigenvalue weighted by atomic mass is 35.5. The molecule has 1 heterocycles. The van der Waals surface area contributed by atoms with Crippen LogP contribution in [-0.2, 0) is 26.8 Å². The summed E-state index contributed by atoms with van der Waals surface area (Å²) in [4.78, 5) is 15.2. The quantitative estimate of drug-likeness (QED) is 0.850. The molecule has 0 aliphatic rings. The van der Waals surface area contributed by atoms with Gasteiger partial charge in [0.15, 0.2) is 15.7 Å². The standard InChI is InChI=1S/C13H14ClN3O4S/c1-15-12(18)6-7-13-16-11(17-21-13)8-22(19,20)10-4-2-9(14)3-5-10/h2-5H,6-8H2,1H3,(H,15,18). The van der Waals surface area contributed by atoms with Crippen molar-refractivity contribution >= 4 is 27.3 Å². The number of carbonyl (C=O) groups excluding carboxylic acids is 1. The Bertz CT molecular complexity index is 756. The third-order valence-electron chi connectivity index (χ3n) is 2.85. The van der Waals surface area contributed by atoms with Crippen LogP contribution in [0.15, 0.2) is 33.7 Å². The molecule has 2 rings (SSSR count). The molecule has 9 heteroatoms. The lowest BCUT2D eigenvalue weighted by molar-refractivity contribution is -0.120. The zero-order valence-electron chi connectivity index (χ0n) is 11.7. The maximum atomic E-state index is 12.2. The molecule has 2 aromatic rings. The van der Waals surface area contributed by atoms with E-state index in [0.29, 0.717) is 5.02 Å². The molecule has 0 aliphatic carbocycles. The summed E-state index contributed by atoms with van der Waals surface area (Å²) in [5, 5.41) is 6.55. The Morgan fingerprint density at radius 1 is 1.32 bits per heavy atom. The summed E-state index contributed by atoms with van der Waals surface area (Å²) in [5.41, 5.74) is 0. The van der Waals surface area contributed by atoms with E-state index in [4.69, 9.17) is 16.1 Å². The summed E-state index contributed by atoms with van der Waals surface area (Å²) in [5.74, 6) is -0.252. The van der Waals surface area contributed by atoms with Gasteiger partial charge in [0.2, 0.25) is 11.8 Å². The maximum Gasteiger partial charge on any atom is 0.227 e. The topological polar surface area (TPSA) is 102 Å². The molecule has 22 heavy (non-hydrogen) atoms. The number of carbonyl (C=O) groups is 1. The first-order chi connectivity index (χ1) is 10.4. The van der Waals surface area contributed by atoms with E-state index < -0.39 is 9.84 Å². The molecule has 0 bridgehead atoms. The minimum Gasteiger partial charge on any atom is -0.359 e. The largest absolute Gasteiger partial charge is 0.359 e. The van der Waals surface area contributed by atoms with Crippen LogP contribution in [0.3, 0.4) is 0 Å². The second-order valence-corrected chi connectivity index (χ2v) is 6.92. The summed E-state index contributed by atoms with van der Waals surface area (Å²) >= 11 is 5.73. The predicted octanol–water partition coefficient (Wildman–Crippen LogP) is 1.38. The van der Waals surface area contributed by atoms with Gasteiger partial charge >= 0.3 is 0 Å². The summed E-state index contributed by atoms with van der Waals surface area (Å²) in [6.07, 6.45) is 0.454. The van der Waals surface area contributed by atoms with Gasteiger partial charge in [-0.05, 0) is 24.3 Å². The number of nitrogens with one attached hydrogen (secondary N) is 1. The Hall–Kier alpha value is -1.93. The van der Waals surface area contributed by atoms with E-state index in [1.165, 1.54) is 31.3 Å². The van der Waals surface area contributed by atoms with Crippen molar-refractivity contribution in [3.63, 3.8) is 0 Å². The average molecular weight is 344 g/mol. The first-order valence-corrected chi connectivity index (χ1v) is 8.44. The Balaban J connectivity index is 2.05. The predicted molar refractivity (Wildman–Crippen MR) is 79.0 cm³/mol. The monoisotopic (exact) mass is 343 g/mol. The molecule has 0 radical (unpaired) electrons. The maximum absolute atomic E-state index is 12.2. The van der Waals surface area contributed by atoms with E-state index in [-0.39, 0.29) is 41.1 Å². The van der Waals surface area contributed by atoms with Crippen LogP contribution in [0.25, 0.3) is 0 Å². The molecular formula is C13H14ClN3O4S. The fourth-order valence-electron chi connectivity index (χ4n) is 1.69. The average Bonchev–Trinajstić information content (AvgIpc) is 2.92. The van der Waals surface area contributed by atoms with E-state index in [1.807, 2.05) is 0 Å². The molecule has 1 N–H and O–H groups in total. The van der Waals surface area contributed by atoms with Crippen molar-refractivity contribution in [1.29, 1.82) is 0 Å². The highest BCUT2D eigenvalue weighted by Crippen LogP contribution is 2.18. The molecule has 0 saturated heterocycles. The van der Waals surface area contributed by atoms with Gasteiger partial charge < -0.3 is 9.84 Å². The van der Waals surface area contributed by atoms with Crippen LogP contribution in [0, 0.1) is 0 Å². The lowest BCUT2D eigenvalue weighted by atomic mass is 10.3. The van der Waals surface area contributed by atoms with Gasteiger partial charge in [0, 0.05) is 24.9 Å². The number of benzene rings is 1. The Kier molecular flexibility index (Phi) is 5.15. The number of rotatable bonds is 6. The van der Waals surface area contributed by atoms with Gasteiger partial charge in [-0.15, -0.1) is 0 Å². The van der Waals surface area contributed by atoms with Gasteiger partial charge in [-0.2, -0.15) is 4.98 Å². The Morgan fingerprint density at radius 3 is 2.64 bits per heavy atom. The molecule has 0 spiro atoms. The van der Waals surface area contributed by atoms with Crippen LogP contribution in [0.2, 0.25) is 5.02 Å².